The minimum Gasteiger partial charge on any atom is -0.486 e. The van der Waals surface area contributed by atoms with Gasteiger partial charge in [-0.05, 0) is 30.5 Å². The maximum Gasteiger partial charge on any atom is 0.332 e. The molecular formula is C12H14O5. The standard InChI is InChI=1S/C12H14O5/c13-9(12(14)15)3-1-8-2-4-10-11(7-8)17-6-5-16-10/h2,4,7,9,13H,1,3,5-6H2,(H,14,15). The van der Waals surface area contributed by atoms with Gasteiger partial charge in [0, 0.05) is 0 Å². The first-order chi connectivity index (χ1) is 8.16. The van der Waals surface area contributed by atoms with Crippen molar-refractivity contribution < 1.29 is 24.5 Å². The minimum absolute atomic E-state index is 0.189. The maximum atomic E-state index is 10.5. The Hall–Kier alpha value is -1.75. The van der Waals surface area contributed by atoms with Crippen LogP contribution in [0.15, 0.2) is 18.2 Å². The number of aliphatic hydroxyl groups is 1. The van der Waals surface area contributed by atoms with Gasteiger partial charge in [0.1, 0.15) is 13.2 Å². The molecule has 1 atom stereocenters. The average molecular weight is 238 g/mol. The summed E-state index contributed by atoms with van der Waals surface area (Å²) >= 11 is 0. The molecule has 1 aliphatic rings. The van der Waals surface area contributed by atoms with E-state index in [1.54, 1.807) is 6.07 Å². The van der Waals surface area contributed by atoms with Gasteiger partial charge in [-0.3, -0.25) is 0 Å². The number of rotatable bonds is 4. The van der Waals surface area contributed by atoms with Crippen molar-refractivity contribution in [2.75, 3.05) is 13.2 Å². The SMILES string of the molecule is O=C(O)C(O)CCc1ccc2c(c1)OCCO2. The lowest BCUT2D eigenvalue weighted by atomic mass is 10.1. The Bertz CT molecular complexity index is 415. The number of aliphatic hydroxyl groups excluding tert-OH is 1. The number of fused-ring (bicyclic) bond motifs is 1. The molecule has 17 heavy (non-hydrogen) atoms. The fourth-order valence-electron chi connectivity index (χ4n) is 1.67. The van der Waals surface area contributed by atoms with Crippen molar-refractivity contribution in [3.63, 3.8) is 0 Å². The Morgan fingerprint density at radius 3 is 2.71 bits per heavy atom. The van der Waals surface area contributed by atoms with Gasteiger partial charge in [-0.2, -0.15) is 0 Å². The Labute approximate surface area is 98.6 Å². The van der Waals surface area contributed by atoms with Crippen molar-refractivity contribution in [3.05, 3.63) is 23.8 Å². The molecule has 0 spiro atoms. The molecule has 2 N–H and O–H groups in total. The van der Waals surface area contributed by atoms with E-state index in [9.17, 15) is 9.90 Å². The van der Waals surface area contributed by atoms with Crippen LogP contribution in [-0.2, 0) is 11.2 Å². The number of carboxylic acid groups (broad SMARTS) is 1. The van der Waals surface area contributed by atoms with Gasteiger partial charge >= 0.3 is 5.97 Å². The molecule has 1 unspecified atom stereocenters. The molecule has 1 aromatic rings. The first kappa shape index (κ1) is 11.7. The number of hydrogen-bond acceptors (Lipinski definition) is 4. The van der Waals surface area contributed by atoms with Gasteiger partial charge < -0.3 is 19.7 Å². The van der Waals surface area contributed by atoms with E-state index in [4.69, 9.17) is 14.6 Å². The van der Waals surface area contributed by atoms with Crippen LogP contribution in [0.4, 0.5) is 0 Å². The normalized spacial score (nSPS) is 15.4. The summed E-state index contributed by atoms with van der Waals surface area (Å²) < 4.78 is 10.8. The quantitative estimate of drug-likeness (QED) is 0.812. The predicted molar refractivity (Wildman–Crippen MR) is 59.4 cm³/mol. The molecule has 0 bridgehead atoms. The van der Waals surface area contributed by atoms with Gasteiger partial charge in [0.25, 0.3) is 0 Å². The topological polar surface area (TPSA) is 76.0 Å². The summed E-state index contributed by atoms with van der Waals surface area (Å²) in [6, 6.07) is 5.47. The molecular weight excluding hydrogens is 224 g/mol. The third-order valence-electron chi connectivity index (χ3n) is 2.60. The highest BCUT2D eigenvalue weighted by Crippen LogP contribution is 2.31. The molecule has 0 amide bonds. The lowest BCUT2D eigenvalue weighted by molar-refractivity contribution is -0.146. The lowest BCUT2D eigenvalue weighted by Gasteiger charge is -2.19. The van der Waals surface area contributed by atoms with Crippen LogP contribution < -0.4 is 9.47 Å². The first-order valence-electron chi connectivity index (χ1n) is 5.46. The number of carboxylic acids is 1. The maximum absolute atomic E-state index is 10.5. The van der Waals surface area contributed by atoms with Crippen LogP contribution in [0.25, 0.3) is 0 Å². The number of hydrogen-bond donors (Lipinski definition) is 2. The van der Waals surface area contributed by atoms with Crippen molar-refractivity contribution >= 4 is 5.97 Å². The lowest BCUT2D eigenvalue weighted by Crippen LogP contribution is -2.20. The molecule has 1 heterocycles. The molecule has 0 aliphatic carbocycles. The Morgan fingerprint density at radius 1 is 1.29 bits per heavy atom. The summed E-state index contributed by atoms with van der Waals surface area (Å²) in [4.78, 5) is 10.5. The van der Waals surface area contributed by atoms with Gasteiger partial charge in [-0.1, -0.05) is 6.07 Å². The molecule has 0 radical (unpaired) electrons. The summed E-state index contributed by atoms with van der Waals surface area (Å²) in [5, 5.41) is 17.7. The van der Waals surface area contributed by atoms with E-state index in [2.05, 4.69) is 0 Å². The van der Waals surface area contributed by atoms with E-state index in [1.165, 1.54) is 0 Å². The second kappa shape index (κ2) is 5.05. The molecule has 0 saturated heterocycles. The van der Waals surface area contributed by atoms with Crippen molar-refractivity contribution in [3.8, 4) is 11.5 Å². The fourth-order valence-corrected chi connectivity index (χ4v) is 1.67. The third-order valence-corrected chi connectivity index (χ3v) is 2.60. The van der Waals surface area contributed by atoms with Crippen molar-refractivity contribution in [1.82, 2.24) is 0 Å². The van der Waals surface area contributed by atoms with E-state index in [1.807, 2.05) is 12.1 Å². The first-order valence-corrected chi connectivity index (χ1v) is 5.46. The Balaban J connectivity index is 2.00. The molecule has 5 heteroatoms. The van der Waals surface area contributed by atoms with Crippen LogP contribution >= 0.6 is 0 Å². The Kier molecular flexibility index (Phi) is 3.49. The molecule has 92 valence electrons. The van der Waals surface area contributed by atoms with E-state index in [0.29, 0.717) is 31.1 Å². The van der Waals surface area contributed by atoms with Gasteiger partial charge in [0.15, 0.2) is 17.6 Å². The fraction of sp³-hybridized carbons (Fsp3) is 0.417. The van der Waals surface area contributed by atoms with Crippen LogP contribution in [0.1, 0.15) is 12.0 Å². The van der Waals surface area contributed by atoms with Crippen LogP contribution in [0, 0.1) is 0 Å². The summed E-state index contributed by atoms with van der Waals surface area (Å²) in [7, 11) is 0. The predicted octanol–water partition coefficient (Wildman–Crippen LogP) is 0.836. The highest BCUT2D eigenvalue weighted by atomic mass is 16.6. The zero-order valence-corrected chi connectivity index (χ0v) is 9.26. The van der Waals surface area contributed by atoms with Crippen molar-refractivity contribution in [2.24, 2.45) is 0 Å². The molecule has 0 fully saturated rings. The number of aryl methyl sites for hydroxylation is 1. The largest absolute Gasteiger partial charge is 0.486 e. The van der Waals surface area contributed by atoms with E-state index in [0.717, 1.165) is 5.56 Å². The zero-order chi connectivity index (χ0) is 12.3. The number of ether oxygens (including phenoxy) is 2. The van der Waals surface area contributed by atoms with E-state index < -0.39 is 12.1 Å². The monoisotopic (exact) mass is 238 g/mol. The van der Waals surface area contributed by atoms with Gasteiger partial charge in [-0.15, -0.1) is 0 Å². The number of carbonyl (C=O) groups is 1. The van der Waals surface area contributed by atoms with Crippen molar-refractivity contribution in [1.29, 1.82) is 0 Å². The van der Waals surface area contributed by atoms with E-state index in [-0.39, 0.29) is 6.42 Å². The van der Waals surface area contributed by atoms with Crippen LogP contribution in [-0.4, -0.2) is 35.5 Å². The zero-order valence-electron chi connectivity index (χ0n) is 9.26. The van der Waals surface area contributed by atoms with Crippen LogP contribution in [0.5, 0.6) is 11.5 Å². The average Bonchev–Trinajstić information content (AvgIpc) is 2.35. The number of benzene rings is 1. The van der Waals surface area contributed by atoms with Crippen LogP contribution in [0.3, 0.4) is 0 Å². The van der Waals surface area contributed by atoms with Crippen LogP contribution in [0.2, 0.25) is 0 Å². The third kappa shape index (κ3) is 2.88. The van der Waals surface area contributed by atoms with Gasteiger partial charge in [0.05, 0.1) is 0 Å². The van der Waals surface area contributed by atoms with Gasteiger partial charge in [-0.25, -0.2) is 4.79 Å². The smallest absolute Gasteiger partial charge is 0.332 e. The second-order valence-corrected chi connectivity index (χ2v) is 3.87. The molecule has 5 nitrogen and oxygen atoms in total. The molecule has 1 aromatic carbocycles. The molecule has 0 saturated carbocycles. The Morgan fingerprint density at radius 2 is 2.00 bits per heavy atom. The summed E-state index contributed by atoms with van der Waals surface area (Å²) in [6.07, 6.45) is -0.637. The summed E-state index contributed by atoms with van der Waals surface area (Å²) in [5.74, 6) is 0.194. The minimum atomic E-state index is -1.32. The summed E-state index contributed by atoms with van der Waals surface area (Å²) in [6.45, 7) is 1.07. The number of aliphatic carboxylic acids is 1. The van der Waals surface area contributed by atoms with Gasteiger partial charge in [0.2, 0.25) is 0 Å². The highest BCUT2D eigenvalue weighted by molar-refractivity contribution is 5.71. The molecule has 0 aromatic heterocycles. The van der Waals surface area contributed by atoms with Crippen molar-refractivity contribution in [2.45, 2.75) is 18.9 Å². The second-order valence-electron chi connectivity index (χ2n) is 3.87. The summed E-state index contributed by atoms with van der Waals surface area (Å²) in [5.41, 5.74) is 0.926. The highest BCUT2D eigenvalue weighted by Gasteiger charge is 2.15. The van der Waals surface area contributed by atoms with E-state index >= 15 is 0 Å². The molecule has 2 rings (SSSR count). The molecule has 1 aliphatic heterocycles.